The number of amides is 2. The summed E-state index contributed by atoms with van der Waals surface area (Å²) < 4.78 is 1.64. The van der Waals surface area contributed by atoms with Gasteiger partial charge in [-0.15, -0.1) is 0 Å². The Morgan fingerprint density at radius 3 is 2.61 bits per heavy atom. The highest BCUT2D eigenvalue weighted by molar-refractivity contribution is 5.92. The van der Waals surface area contributed by atoms with Gasteiger partial charge in [0.25, 0.3) is 0 Å². The number of carbonyl (C=O) groups excluding carboxylic acids is 2. The van der Waals surface area contributed by atoms with Crippen LogP contribution in [-0.2, 0) is 9.59 Å². The van der Waals surface area contributed by atoms with E-state index in [0.29, 0.717) is 5.69 Å². The Morgan fingerprint density at radius 2 is 1.89 bits per heavy atom. The van der Waals surface area contributed by atoms with E-state index in [2.05, 4.69) is 15.4 Å². The topological polar surface area (TPSA) is 80.1 Å². The number of hydrogen-bond acceptors (Lipinski definition) is 4. The molecule has 0 radical (unpaired) electrons. The first-order valence-electron chi connectivity index (χ1n) is 8.93. The minimum absolute atomic E-state index is 0.0965. The average Bonchev–Trinajstić information content (AvgIpc) is 3.23. The van der Waals surface area contributed by atoms with E-state index in [0.717, 1.165) is 16.8 Å². The predicted octanol–water partition coefficient (Wildman–Crippen LogP) is 3.17. The minimum atomic E-state index is -0.326. The summed E-state index contributed by atoms with van der Waals surface area (Å²) in [7, 11) is 0. The van der Waals surface area contributed by atoms with E-state index < -0.39 is 0 Å². The molecule has 0 saturated carbocycles. The molecular formula is C21H19N5O2. The second-order valence-electron chi connectivity index (χ2n) is 6.53. The smallest absolute Gasteiger partial charge is 0.226 e. The van der Waals surface area contributed by atoms with Crippen molar-refractivity contribution in [2.24, 2.45) is 0 Å². The first kappa shape index (κ1) is 17.7. The molecule has 2 aromatic carbocycles. The maximum atomic E-state index is 12.7. The lowest BCUT2D eigenvalue weighted by Crippen LogP contribution is -2.33. The quantitative estimate of drug-likeness (QED) is 0.762. The molecule has 4 rings (SSSR count). The molecule has 0 fully saturated rings. The Kier molecular flexibility index (Phi) is 4.72. The number of nitrogens with one attached hydrogen (secondary N) is 1. The number of benzene rings is 2. The van der Waals surface area contributed by atoms with Gasteiger partial charge in [-0.2, -0.15) is 5.10 Å². The van der Waals surface area contributed by atoms with Gasteiger partial charge in [0.2, 0.25) is 11.8 Å². The average molecular weight is 373 g/mol. The van der Waals surface area contributed by atoms with Crippen LogP contribution in [0.3, 0.4) is 0 Å². The summed E-state index contributed by atoms with van der Waals surface area (Å²) in [6.45, 7) is 1.51. The molecular weight excluding hydrogens is 354 g/mol. The highest BCUT2D eigenvalue weighted by Gasteiger charge is 2.28. The van der Waals surface area contributed by atoms with E-state index in [1.165, 1.54) is 13.3 Å². The number of rotatable bonds is 4. The molecule has 7 heteroatoms. The van der Waals surface area contributed by atoms with Gasteiger partial charge in [0.15, 0.2) is 0 Å². The fraction of sp³-hybridized carbons (Fsp3) is 0.143. The van der Waals surface area contributed by atoms with E-state index in [4.69, 9.17) is 0 Å². The Hall–Kier alpha value is -3.74. The predicted molar refractivity (Wildman–Crippen MR) is 105 cm³/mol. The minimum Gasteiger partial charge on any atom is -0.326 e. The van der Waals surface area contributed by atoms with Crippen LogP contribution < -0.4 is 5.32 Å². The highest BCUT2D eigenvalue weighted by Crippen LogP contribution is 2.33. The fourth-order valence-electron chi connectivity index (χ4n) is 3.34. The van der Waals surface area contributed by atoms with Crippen molar-refractivity contribution in [1.82, 2.24) is 19.7 Å². The number of hydrogen-bond donors (Lipinski definition) is 1. The van der Waals surface area contributed by atoms with Crippen molar-refractivity contribution in [2.45, 2.75) is 19.4 Å². The van der Waals surface area contributed by atoms with Crippen molar-refractivity contribution in [3.63, 3.8) is 0 Å². The molecule has 28 heavy (non-hydrogen) atoms. The van der Waals surface area contributed by atoms with Gasteiger partial charge in [0.05, 0.1) is 18.2 Å². The monoisotopic (exact) mass is 373 g/mol. The van der Waals surface area contributed by atoms with E-state index >= 15 is 0 Å². The van der Waals surface area contributed by atoms with Gasteiger partial charge in [0.1, 0.15) is 12.7 Å². The standard InChI is InChI=1S/C21H19N5O2/c1-15(27)25-11-10-16-4-2-3-5-19(16)20(25)12-21(28)24-17-6-8-18(9-7-17)26-14-22-13-23-26/h2-11,13-14,20H,12H2,1H3,(H,24,28). The number of aromatic nitrogens is 3. The largest absolute Gasteiger partial charge is 0.326 e. The van der Waals surface area contributed by atoms with Gasteiger partial charge in [0, 0.05) is 18.8 Å². The van der Waals surface area contributed by atoms with Crippen LogP contribution >= 0.6 is 0 Å². The van der Waals surface area contributed by atoms with E-state index in [1.807, 2.05) is 54.6 Å². The van der Waals surface area contributed by atoms with Gasteiger partial charge >= 0.3 is 0 Å². The van der Waals surface area contributed by atoms with Crippen LogP contribution in [0.5, 0.6) is 0 Å². The van der Waals surface area contributed by atoms with Crippen LogP contribution in [0.1, 0.15) is 30.5 Å². The lowest BCUT2D eigenvalue weighted by atomic mass is 9.93. The van der Waals surface area contributed by atoms with Crippen molar-refractivity contribution >= 4 is 23.6 Å². The molecule has 3 aromatic rings. The van der Waals surface area contributed by atoms with Crippen LogP contribution in [-0.4, -0.2) is 31.5 Å². The molecule has 140 valence electrons. The summed E-state index contributed by atoms with van der Waals surface area (Å²) in [4.78, 5) is 30.2. The van der Waals surface area contributed by atoms with Gasteiger partial charge in [-0.3, -0.25) is 9.59 Å². The molecule has 1 aromatic heterocycles. The van der Waals surface area contributed by atoms with Gasteiger partial charge in [-0.05, 0) is 41.5 Å². The number of nitrogens with zero attached hydrogens (tertiary/aromatic N) is 4. The van der Waals surface area contributed by atoms with Crippen molar-refractivity contribution in [2.75, 3.05) is 5.32 Å². The fourth-order valence-corrected chi connectivity index (χ4v) is 3.34. The summed E-state index contributed by atoms with van der Waals surface area (Å²) in [5.74, 6) is -0.254. The molecule has 1 aliphatic heterocycles. The van der Waals surface area contributed by atoms with E-state index in [1.54, 1.807) is 22.1 Å². The van der Waals surface area contributed by atoms with Crippen molar-refractivity contribution in [3.8, 4) is 5.69 Å². The SMILES string of the molecule is CC(=O)N1C=Cc2ccccc2C1CC(=O)Nc1ccc(-n2cncn2)cc1. The Bertz CT molecular complexity index is 1030. The summed E-state index contributed by atoms with van der Waals surface area (Å²) in [6, 6.07) is 14.8. The van der Waals surface area contributed by atoms with Crippen LogP contribution in [0, 0.1) is 0 Å². The molecule has 7 nitrogen and oxygen atoms in total. The van der Waals surface area contributed by atoms with Crippen molar-refractivity contribution < 1.29 is 9.59 Å². The number of anilines is 1. The molecule has 1 N–H and O–H groups in total. The van der Waals surface area contributed by atoms with Gasteiger partial charge < -0.3 is 10.2 Å². The molecule has 2 amide bonds. The molecule has 1 atom stereocenters. The first-order valence-corrected chi connectivity index (χ1v) is 8.93. The third-order valence-electron chi connectivity index (χ3n) is 4.68. The summed E-state index contributed by atoms with van der Waals surface area (Å²) >= 11 is 0. The molecule has 1 unspecified atom stereocenters. The summed E-state index contributed by atoms with van der Waals surface area (Å²) in [6.07, 6.45) is 6.89. The zero-order valence-corrected chi connectivity index (χ0v) is 15.3. The zero-order chi connectivity index (χ0) is 19.5. The van der Waals surface area contributed by atoms with Crippen LogP contribution in [0.15, 0.2) is 67.4 Å². The van der Waals surface area contributed by atoms with Crippen molar-refractivity contribution in [1.29, 1.82) is 0 Å². The first-order chi connectivity index (χ1) is 13.6. The Labute approximate surface area is 162 Å². The lowest BCUT2D eigenvalue weighted by molar-refractivity contribution is -0.129. The van der Waals surface area contributed by atoms with E-state index in [-0.39, 0.29) is 24.3 Å². The zero-order valence-electron chi connectivity index (χ0n) is 15.3. The maximum Gasteiger partial charge on any atom is 0.226 e. The van der Waals surface area contributed by atoms with Crippen LogP contribution in [0.25, 0.3) is 11.8 Å². The third-order valence-corrected chi connectivity index (χ3v) is 4.68. The molecule has 0 aliphatic carbocycles. The van der Waals surface area contributed by atoms with E-state index in [9.17, 15) is 9.59 Å². The third kappa shape index (κ3) is 3.55. The molecule has 0 bridgehead atoms. The van der Waals surface area contributed by atoms with Gasteiger partial charge in [-0.25, -0.2) is 9.67 Å². The molecule has 2 heterocycles. The maximum absolute atomic E-state index is 12.7. The Balaban J connectivity index is 1.49. The summed E-state index contributed by atoms with van der Waals surface area (Å²) in [5.41, 5.74) is 3.53. The second-order valence-corrected chi connectivity index (χ2v) is 6.53. The van der Waals surface area contributed by atoms with Crippen molar-refractivity contribution in [3.05, 3.63) is 78.5 Å². The normalized spacial score (nSPS) is 15.2. The second kappa shape index (κ2) is 7.48. The number of fused-ring (bicyclic) bond motifs is 1. The van der Waals surface area contributed by atoms with Gasteiger partial charge in [-0.1, -0.05) is 24.3 Å². The van der Waals surface area contributed by atoms with Crippen LogP contribution in [0.4, 0.5) is 5.69 Å². The molecule has 0 spiro atoms. The van der Waals surface area contributed by atoms with Crippen LogP contribution in [0.2, 0.25) is 0 Å². The summed E-state index contributed by atoms with van der Waals surface area (Å²) in [5, 5.41) is 6.98. The lowest BCUT2D eigenvalue weighted by Gasteiger charge is -2.32. The molecule has 1 aliphatic rings. The highest BCUT2D eigenvalue weighted by atomic mass is 16.2. The number of carbonyl (C=O) groups is 2. The molecule has 0 saturated heterocycles. The Morgan fingerprint density at radius 1 is 1.11 bits per heavy atom.